The Balaban J connectivity index is 2.26. The van der Waals surface area contributed by atoms with Gasteiger partial charge >= 0.3 is 5.97 Å². The Kier molecular flexibility index (Phi) is 4.45. The predicted molar refractivity (Wildman–Crippen MR) is 74.9 cm³/mol. The van der Waals surface area contributed by atoms with Crippen molar-refractivity contribution in [1.29, 1.82) is 0 Å². The summed E-state index contributed by atoms with van der Waals surface area (Å²) in [6, 6.07) is 7.72. The van der Waals surface area contributed by atoms with Crippen LogP contribution in [0.15, 0.2) is 36.4 Å². The average molecular weight is 329 g/mol. The van der Waals surface area contributed by atoms with Crippen LogP contribution in [0.3, 0.4) is 0 Å². The number of carbonyl (C=O) groups excluding carboxylic acids is 1. The van der Waals surface area contributed by atoms with Crippen molar-refractivity contribution < 1.29 is 23.8 Å². The van der Waals surface area contributed by atoms with Crippen LogP contribution in [0.1, 0.15) is 10.4 Å². The highest BCUT2D eigenvalue weighted by Crippen LogP contribution is 2.29. The van der Waals surface area contributed by atoms with Crippen LogP contribution in [-0.2, 0) is 4.79 Å². The first-order valence-corrected chi connectivity index (χ1v) is 6.34. The van der Waals surface area contributed by atoms with Gasteiger partial charge in [0.05, 0.1) is 10.0 Å². The molecule has 21 heavy (non-hydrogen) atoms. The van der Waals surface area contributed by atoms with Gasteiger partial charge in [-0.25, -0.2) is 9.18 Å². The molecular weight excluding hydrogens is 322 g/mol. The van der Waals surface area contributed by atoms with Gasteiger partial charge in [-0.05, 0) is 24.3 Å². The van der Waals surface area contributed by atoms with Crippen molar-refractivity contribution in [2.24, 2.45) is 0 Å². The normalized spacial score (nSPS) is 10.2. The highest BCUT2D eigenvalue weighted by molar-refractivity contribution is 6.45. The van der Waals surface area contributed by atoms with Crippen molar-refractivity contribution in [2.75, 3.05) is 0 Å². The van der Waals surface area contributed by atoms with Crippen LogP contribution in [0, 0.1) is 5.82 Å². The zero-order valence-electron chi connectivity index (χ0n) is 10.3. The van der Waals surface area contributed by atoms with E-state index in [9.17, 15) is 14.0 Å². The SMILES string of the molecule is O=C(O)C(=O)c1ccc(Oc2ccc(Cl)c(F)c2)cc1Cl. The molecule has 0 bridgehead atoms. The molecule has 0 saturated heterocycles. The van der Waals surface area contributed by atoms with Crippen molar-refractivity contribution in [3.63, 3.8) is 0 Å². The molecule has 0 amide bonds. The van der Waals surface area contributed by atoms with E-state index in [1.165, 1.54) is 30.3 Å². The van der Waals surface area contributed by atoms with E-state index < -0.39 is 17.6 Å². The molecule has 108 valence electrons. The van der Waals surface area contributed by atoms with Crippen LogP contribution in [-0.4, -0.2) is 16.9 Å². The number of halogens is 3. The van der Waals surface area contributed by atoms with Crippen LogP contribution in [0.5, 0.6) is 11.5 Å². The minimum absolute atomic E-state index is 0.0391. The standard InChI is InChI=1S/C14H7Cl2FO4/c15-10-4-2-8(6-12(10)17)21-7-1-3-9(11(16)5-7)13(18)14(19)20/h1-6H,(H,19,20). The summed E-state index contributed by atoms with van der Waals surface area (Å²) in [7, 11) is 0. The van der Waals surface area contributed by atoms with Gasteiger partial charge in [-0.3, -0.25) is 4.79 Å². The van der Waals surface area contributed by atoms with Crippen molar-refractivity contribution >= 4 is 35.0 Å². The van der Waals surface area contributed by atoms with Gasteiger partial charge in [-0.1, -0.05) is 23.2 Å². The van der Waals surface area contributed by atoms with Gasteiger partial charge in [0.25, 0.3) is 5.78 Å². The maximum absolute atomic E-state index is 13.3. The molecule has 0 aromatic heterocycles. The zero-order chi connectivity index (χ0) is 15.6. The molecule has 0 unspecified atom stereocenters. The molecule has 0 saturated carbocycles. The van der Waals surface area contributed by atoms with Crippen molar-refractivity contribution in [3.8, 4) is 11.5 Å². The molecule has 0 heterocycles. The molecule has 0 radical (unpaired) electrons. The number of carboxylic acid groups (broad SMARTS) is 1. The van der Waals surface area contributed by atoms with Gasteiger partial charge in [-0.2, -0.15) is 0 Å². The quantitative estimate of drug-likeness (QED) is 0.675. The number of carboxylic acids is 1. The van der Waals surface area contributed by atoms with Crippen molar-refractivity contribution in [3.05, 3.63) is 57.8 Å². The minimum atomic E-state index is -1.61. The van der Waals surface area contributed by atoms with Gasteiger partial charge in [0.15, 0.2) is 0 Å². The number of carbonyl (C=O) groups is 2. The Morgan fingerprint density at radius 1 is 1.00 bits per heavy atom. The molecule has 2 rings (SSSR count). The van der Waals surface area contributed by atoms with E-state index in [0.717, 1.165) is 6.07 Å². The summed E-state index contributed by atoms with van der Waals surface area (Å²) in [5.41, 5.74) is -0.154. The van der Waals surface area contributed by atoms with Crippen LogP contribution < -0.4 is 4.74 Å². The lowest BCUT2D eigenvalue weighted by Gasteiger charge is -2.08. The molecule has 4 nitrogen and oxygen atoms in total. The topological polar surface area (TPSA) is 63.6 Å². The maximum atomic E-state index is 13.3. The lowest BCUT2D eigenvalue weighted by molar-refractivity contribution is -0.131. The highest BCUT2D eigenvalue weighted by atomic mass is 35.5. The molecule has 0 aliphatic heterocycles. The Morgan fingerprint density at radius 3 is 2.19 bits per heavy atom. The molecule has 2 aromatic carbocycles. The largest absolute Gasteiger partial charge is 0.475 e. The molecule has 0 spiro atoms. The summed E-state index contributed by atoms with van der Waals surface area (Å²) in [5.74, 6) is -2.96. The number of benzene rings is 2. The zero-order valence-corrected chi connectivity index (χ0v) is 11.8. The van der Waals surface area contributed by atoms with Gasteiger partial charge in [0, 0.05) is 17.7 Å². The first kappa shape index (κ1) is 15.3. The monoisotopic (exact) mass is 328 g/mol. The van der Waals surface area contributed by atoms with Gasteiger partial charge in [0.1, 0.15) is 17.3 Å². The van der Waals surface area contributed by atoms with E-state index >= 15 is 0 Å². The summed E-state index contributed by atoms with van der Waals surface area (Å²) >= 11 is 11.4. The Bertz CT molecular complexity index is 731. The molecule has 1 N–H and O–H groups in total. The number of hydrogen-bond acceptors (Lipinski definition) is 3. The fourth-order valence-electron chi connectivity index (χ4n) is 1.54. The van der Waals surface area contributed by atoms with Gasteiger partial charge in [-0.15, -0.1) is 0 Å². The number of rotatable bonds is 4. The molecule has 7 heteroatoms. The third kappa shape index (κ3) is 3.51. The van der Waals surface area contributed by atoms with Gasteiger partial charge in [0.2, 0.25) is 0 Å². The second-order valence-electron chi connectivity index (χ2n) is 3.95. The fraction of sp³-hybridized carbons (Fsp3) is 0. The molecule has 0 aliphatic carbocycles. The van der Waals surface area contributed by atoms with E-state index in [4.69, 9.17) is 33.0 Å². The summed E-state index contributed by atoms with van der Waals surface area (Å²) in [6.45, 7) is 0. The second kappa shape index (κ2) is 6.11. The van der Waals surface area contributed by atoms with Crippen molar-refractivity contribution in [2.45, 2.75) is 0 Å². The number of ether oxygens (including phenoxy) is 1. The highest BCUT2D eigenvalue weighted by Gasteiger charge is 2.18. The summed E-state index contributed by atoms with van der Waals surface area (Å²) in [6.07, 6.45) is 0. The lowest BCUT2D eigenvalue weighted by atomic mass is 10.1. The number of Topliss-reactive ketones (excluding diaryl/α,β-unsaturated/α-hetero) is 1. The second-order valence-corrected chi connectivity index (χ2v) is 4.77. The van der Waals surface area contributed by atoms with E-state index in [-0.39, 0.29) is 27.1 Å². The summed E-state index contributed by atoms with van der Waals surface area (Å²) in [5, 5.41) is 8.51. The minimum Gasteiger partial charge on any atom is -0.475 e. The Labute approximate surface area is 128 Å². The number of aliphatic carboxylic acids is 1. The van der Waals surface area contributed by atoms with E-state index in [1.807, 2.05) is 0 Å². The Hall–Kier alpha value is -2.11. The summed E-state index contributed by atoms with van der Waals surface area (Å²) < 4.78 is 18.6. The first-order chi connectivity index (χ1) is 9.88. The predicted octanol–water partition coefficient (Wildman–Crippen LogP) is 4.19. The first-order valence-electron chi connectivity index (χ1n) is 5.58. The summed E-state index contributed by atoms with van der Waals surface area (Å²) in [4.78, 5) is 21.9. The number of ketones is 1. The molecule has 0 atom stereocenters. The third-order valence-corrected chi connectivity index (χ3v) is 3.13. The van der Waals surface area contributed by atoms with Gasteiger partial charge < -0.3 is 9.84 Å². The maximum Gasteiger partial charge on any atom is 0.377 e. The smallest absolute Gasteiger partial charge is 0.377 e. The van der Waals surface area contributed by atoms with Crippen LogP contribution in [0.2, 0.25) is 10.0 Å². The van der Waals surface area contributed by atoms with Crippen LogP contribution >= 0.6 is 23.2 Å². The van der Waals surface area contributed by atoms with Crippen LogP contribution in [0.25, 0.3) is 0 Å². The molecular formula is C14H7Cl2FO4. The number of hydrogen-bond donors (Lipinski definition) is 1. The third-order valence-electron chi connectivity index (χ3n) is 2.51. The van der Waals surface area contributed by atoms with Crippen LogP contribution in [0.4, 0.5) is 4.39 Å². The van der Waals surface area contributed by atoms with Crippen molar-refractivity contribution in [1.82, 2.24) is 0 Å². The molecule has 0 aliphatic rings. The lowest BCUT2D eigenvalue weighted by Crippen LogP contribution is -2.13. The molecule has 2 aromatic rings. The Morgan fingerprint density at radius 2 is 1.62 bits per heavy atom. The van der Waals surface area contributed by atoms with E-state index in [1.54, 1.807) is 0 Å². The van der Waals surface area contributed by atoms with E-state index in [0.29, 0.717) is 0 Å². The molecule has 0 fully saturated rings. The van der Waals surface area contributed by atoms with E-state index in [2.05, 4.69) is 0 Å². The average Bonchev–Trinajstić information content (AvgIpc) is 2.42. The fourth-order valence-corrected chi connectivity index (χ4v) is 1.91.